The Morgan fingerprint density at radius 2 is 1.85 bits per heavy atom. The van der Waals surface area contributed by atoms with Crippen LogP contribution in [-0.2, 0) is 6.42 Å². The largest absolute Gasteiger partial charge is 0.478 e. The summed E-state index contributed by atoms with van der Waals surface area (Å²) in [7, 11) is 0. The fourth-order valence-corrected chi connectivity index (χ4v) is 6.73. The van der Waals surface area contributed by atoms with Crippen molar-refractivity contribution in [3.63, 3.8) is 0 Å². The Morgan fingerprint density at radius 1 is 1.02 bits per heavy atom. The first-order chi connectivity index (χ1) is 19.5. The number of aromatic nitrogens is 1. The van der Waals surface area contributed by atoms with Crippen molar-refractivity contribution in [1.29, 1.82) is 0 Å². The summed E-state index contributed by atoms with van der Waals surface area (Å²) in [5.41, 5.74) is 6.27. The number of aromatic carboxylic acids is 1. The second-order valence-corrected chi connectivity index (χ2v) is 11.7. The van der Waals surface area contributed by atoms with Crippen molar-refractivity contribution in [2.45, 2.75) is 18.9 Å². The summed E-state index contributed by atoms with van der Waals surface area (Å²) in [6, 6.07) is 26.4. The number of fused-ring (bicyclic) bond motifs is 3. The molecular formula is C32H21BrN2O4S. The average Bonchev–Trinajstić information content (AvgIpc) is 3.57. The highest BCUT2D eigenvalue weighted by Crippen LogP contribution is 2.41. The smallest absolute Gasteiger partial charge is 0.335 e. The topological polar surface area (TPSA) is 84.8 Å². The molecule has 0 bridgehead atoms. The van der Waals surface area contributed by atoms with E-state index in [0.29, 0.717) is 26.4 Å². The highest BCUT2D eigenvalue weighted by molar-refractivity contribution is 9.10. The number of benzene rings is 3. The quantitative estimate of drug-likeness (QED) is 0.269. The molecule has 0 spiro atoms. The summed E-state index contributed by atoms with van der Waals surface area (Å²) in [6.45, 7) is 0. The molecule has 3 heterocycles. The van der Waals surface area contributed by atoms with Crippen LogP contribution in [0.2, 0.25) is 0 Å². The van der Waals surface area contributed by atoms with Gasteiger partial charge in [0.25, 0.3) is 5.56 Å². The third-order valence-corrected chi connectivity index (χ3v) is 8.86. The normalized spacial score (nSPS) is 16.2. The van der Waals surface area contributed by atoms with Gasteiger partial charge in [-0.1, -0.05) is 75.8 Å². The van der Waals surface area contributed by atoms with Crippen LogP contribution in [0.25, 0.3) is 23.1 Å². The number of carboxylic acids is 1. The van der Waals surface area contributed by atoms with Gasteiger partial charge in [0.15, 0.2) is 4.80 Å². The fraction of sp³-hybridized carbons (Fsp3) is 0.0938. The van der Waals surface area contributed by atoms with E-state index in [4.69, 9.17) is 9.41 Å². The van der Waals surface area contributed by atoms with Gasteiger partial charge in [0.1, 0.15) is 11.5 Å². The molecule has 0 amide bonds. The third-order valence-electron chi connectivity index (χ3n) is 7.35. The van der Waals surface area contributed by atoms with Crippen molar-refractivity contribution in [1.82, 2.24) is 4.57 Å². The van der Waals surface area contributed by atoms with Gasteiger partial charge in [0.05, 0.1) is 21.8 Å². The number of hydrogen-bond donors (Lipinski definition) is 1. The zero-order valence-corrected chi connectivity index (χ0v) is 23.4. The summed E-state index contributed by atoms with van der Waals surface area (Å²) in [5, 5.41) is 9.33. The van der Waals surface area contributed by atoms with E-state index in [0.717, 1.165) is 39.7 Å². The number of nitrogens with zero attached hydrogens (tertiary/aromatic N) is 2. The lowest BCUT2D eigenvalue weighted by Crippen LogP contribution is -2.38. The van der Waals surface area contributed by atoms with E-state index in [-0.39, 0.29) is 17.2 Å². The van der Waals surface area contributed by atoms with Gasteiger partial charge in [-0.3, -0.25) is 9.36 Å². The van der Waals surface area contributed by atoms with Crippen molar-refractivity contribution in [2.24, 2.45) is 4.99 Å². The number of halogens is 1. The maximum Gasteiger partial charge on any atom is 0.335 e. The van der Waals surface area contributed by atoms with E-state index >= 15 is 0 Å². The predicted octanol–water partition coefficient (Wildman–Crippen LogP) is 6.04. The molecule has 7 rings (SSSR count). The Kier molecular flexibility index (Phi) is 6.02. The lowest BCUT2D eigenvalue weighted by molar-refractivity contribution is 0.0697. The summed E-state index contributed by atoms with van der Waals surface area (Å²) in [5.74, 6) is 0.0395. The van der Waals surface area contributed by atoms with E-state index in [2.05, 4.69) is 46.3 Å². The second-order valence-electron chi connectivity index (χ2n) is 9.75. The maximum absolute atomic E-state index is 13.9. The molecule has 1 aliphatic carbocycles. The van der Waals surface area contributed by atoms with E-state index < -0.39 is 5.97 Å². The van der Waals surface area contributed by atoms with Crippen LogP contribution in [0.5, 0.6) is 0 Å². The minimum atomic E-state index is -1.000. The highest BCUT2D eigenvalue weighted by Gasteiger charge is 2.32. The van der Waals surface area contributed by atoms with Gasteiger partial charge in [0, 0.05) is 21.7 Å². The predicted molar refractivity (Wildman–Crippen MR) is 158 cm³/mol. The number of allylic oxidation sites excluding steroid dienone is 1. The molecule has 0 unspecified atom stereocenters. The molecule has 40 heavy (non-hydrogen) atoms. The molecule has 0 saturated heterocycles. The van der Waals surface area contributed by atoms with Crippen LogP contribution in [0, 0.1) is 0 Å². The molecule has 1 aliphatic heterocycles. The molecular weight excluding hydrogens is 588 g/mol. The van der Waals surface area contributed by atoms with E-state index in [1.165, 1.54) is 23.0 Å². The Labute approximate surface area is 241 Å². The number of rotatable bonds is 4. The Balaban J connectivity index is 1.37. The van der Waals surface area contributed by atoms with Gasteiger partial charge in [-0.05, 0) is 65.9 Å². The van der Waals surface area contributed by atoms with Crippen LogP contribution in [0.3, 0.4) is 0 Å². The first-order valence-electron chi connectivity index (χ1n) is 12.8. The molecule has 2 aliphatic rings. The van der Waals surface area contributed by atoms with Gasteiger partial charge in [-0.15, -0.1) is 0 Å². The number of furan rings is 1. The molecule has 0 saturated carbocycles. The number of hydrogen-bond acceptors (Lipinski definition) is 5. The lowest BCUT2D eigenvalue weighted by Gasteiger charge is -2.30. The van der Waals surface area contributed by atoms with Crippen LogP contribution < -0.4 is 14.9 Å². The number of thiazole rings is 1. The van der Waals surface area contributed by atoms with Gasteiger partial charge in [0.2, 0.25) is 0 Å². The molecule has 8 heteroatoms. The molecule has 1 N–H and O–H groups in total. The third kappa shape index (κ3) is 4.20. The zero-order valence-electron chi connectivity index (χ0n) is 21.0. The van der Waals surface area contributed by atoms with Crippen LogP contribution in [-0.4, -0.2) is 15.6 Å². The second kappa shape index (κ2) is 9.73. The first kappa shape index (κ1) is 24.7. The fourth-order valence-electron chi connectivity index (χ4n) is 5.49. The lowest BCUT2D eigenvalue weighted by atomic mass is 9.83. The average molecular weight is 610 g/mol. The number of carbonyl (C=O) groups is 1. The molecule has 1 atom stereocenters. The van der Waals surface area contributed by atoms with Crippen LogP contribution >= 0.6 is 27.3 Å². The van der Waals surface area contributed by atoms with Crippen LogP contribution in [0.15, 0.2) is 109 Å². The highest BCUT2D eigenvalue weighted by atomic mass is 79.9. The summed E-state index contributed by atoms with van der Waals surface area (Å²) in [4.78, 5) is 31.0. The zero-order chi connectivity index (χ0) is 27.4. The number of carboxylic acid groups (broad SMARTS) is 1. The summed E-state index contributed by atoms with van der Waals surface area (Å²) < 4.78 is 9.34. The Hall–Kier alpha value is -4.27. The molecule has 0 fully saturated rings. The van der Waals surface area contributed by atoms with Gasteiger partial charge in [-0.25, -0.2) is 9.79 Å². The van der Waals surface area contributed by atoms with E-state index in [1.807, 2.05) is 22.8 Å². The molecule has 6 nitrogen and oxygen atoms in total. The van der Waals surface area contributed by atoms with Crippen molar-refractivity contribution >= 4 is 45.0 Å². The SMILES string of the molecule is O=C(O)c1cccc(-c2ccc(/C=c3/sc4n(c3=O)[C@H](c3ccc(Br)cc3)C3=C(N=4)c4ccccc4CC3)o2)c1. The summed E-state index contributed by atoms with van der Waals surface area (Å²) >= 11 is 4.88. The summed E-state index contributed by atoms with van der Waals surface area (Å²) in [6.07, 6.45) is 3.47. The Morgan fingerprint density at radius 3 is 2.67 bits per heavy atom. The Bertz CT molecular complexity index is 2030. The molecule has 196 valence electrons. The van der Waals surface area contributed by atoms with Crippen LogP contribution in [0.4, 0.5) is 0 Å². The molecule has 2 aromatic heterocycles. The molecule has 5 aromatic rings. The minimum Gasteiger partial charge on any atom is -0.478 e. The van der Waals surface area contributed by atoms with Gasteiger partial charge in [-0.2, -0.15) is 0 Å². The standard InChI is InChI=1S/C32H21BrN2O4S/c33-22-11-8-19(9-12-22)29-25-14-10-18-4-1-2-7-24(18)28(25)34-32-35(29)30(36)27(40-32)17-23-13-15-26(39-23)20-5-3-6-21(16-20)31(37)38/h1-9,11-13,15-17,29H,10,14H2,(H,37,38)/b27-17+/t29-/m1/s1. The minimum absolute atomic E-state index is 0.118. The van der Waals surface area contributed by atoms with Crippen molar-refractivity contribution in [2.75, 3.05) is 0 Å². The molecule has 0 radical (unpaired) electrons. The first-order valence-corrected chi connectivity index (χ1v) is 14.4. The van der Waals surface area contributed by atoms with Crippen molar-refractivity contribution in [3.8, 4) is 11.3 Å². The van der Waals surface area contributed by atoms with Gasteiger partial charge < -0.3 is 9.52 Å². The number of aryl methyl sites for hydroxylation is 1. The van der Waals surface area contributed by atoms with E-state index in [9.17, 15) is 14.7 Å². The van der Waals surface area contributed by atoms with Crippen molar-refractivity contribution in [3.05, 3.63) is 143 Å². The van der Waals surface area contributed by atoms with Gasteiger partial charge >= 0.3 is 5.97 Å². The maximum atomic E-state index is 13.9. The molecule has 3 aromatic carbocycles. The monoisotopic (exact) mass is 608 g/mol. The van der Waals surface area contributed by atoms with Crippen molar-refractivity contribution < 1.29 is 14.3 Å². The van der Waals surface area contributed by atoms with Crippen LogP contribution in [0.1, 0.15) is 45.3 Å². The van der Waals surface area contributed by atoms with E-state index in [1.54, 1.807) is 36.4 Å².